The summed E-state index contributed by atoms with van der Waals surface area (Å²) >= 11 is 3.09. The molecule has 102 valence electrons. The number of nitrogens with one attached hydrogen (secondary N) is 1. The molecule has 3 N–H and O–H groups in total. The molecule has 1 aromatic rings. The molecule has 0 radical (unpaired) electrons. The first-order valence-electron chi connectivity index (χ1n) is 4.73. The number of nitrogens with two attached hydrogens (primary N) is 1. The zero-order chi connectivity index (χ0) is 14.0. The van der Waals surface area contributed by atoms with Gasteiger partial charge in [-0.3, -0.25) is 0 Å². The lowest BCUT2D eigenvalue weighted by Crippen LogP contribution is -2.28. The summed E-state index contributed by atoms with van der Waals surface area (Å²) in [6, 6.07) is 3.82. The van der Waals surface area contributed by atoms with E-state index in [0.29, 0.717) is 4.47 Å². The maximum atomic E-state index is 11.9. The van der Waals surface area contributed by atoms with Crippen molar-refractivity contribution in [1.29, 1.82) is 0 Å². The van der Waals surface area contributed by atoms with Crippen molar-refractivity contribution in [1.82, 2.24) is 4.72 Å². The molecule has 1 rings (SSSR count). The van der Waals surface area contributed by atoms with Crippen LogP contribution in [0.4, 0.5) is 18.9 Å². The number of sulfonamides is 1. The zero-order valence-electron chi connectivity index (χ0n) is 8.96. The van der Waals surface area contributed by atoms with Crippen molar-refractivity contribution in [2.24, 2.45) is 0 Å². The first-order valence-corrected chi connectivity index (χ1v) is 7.01. The predicted octanol–water partition coefficient (Wildman–Crippen LogP) is 2.26. The molecule has 1 aromatic carbocycles. The van der Waals surface area contributed by atoms with Crippen LogP contribution in [0.3, 0.4) is 0 Å². The van der Waals surface area contributed by atoms with Gasteiger partial charge in [0, 0.05) is 16.7 Å². The molecule has 0 aliphatic carbocycles. The molecule has 0 atom stereocenters. The Labute approximate surface area is 111 Å². The van der Waals surface area contributed by atoms with E-state index in [-0.39, 0.29) is 10.6 Å². The Kier molecular flexibility index (Phi) is 4.62. The maximum Gasteiger partial charge on any atom is 0.390 e. The molecule has 0 saturated carbocycles. The largest absolute Gasteiger partial charge is 0.398 e. The van der Waals surface area contributed by atoms with Gasteiger partial charge in [-0.05, 0) is 34.1 Å². The molecule has 0 bridgehead atoms. The number of benzene rings is 1. The summed E-state index contributed by atoms with van der Waals surface area (Å²) in [7, 11) is -3.97. The number of halogens is 4. The van der Waals surface area contributed by atoms with Crippen molar-refractivity contribution in [2.75, 3.05) is 12.3 Å². The summed E-state index contributed by atoms with van der Waals surface area (Å²) < 4.78 is 61.3. The number of anilines is 1. The van der Waals surface area contributed by atoms with Gasteiger partial charge in [0.25, 0.3) is 0 Å². The average Bonchev–Trinajstić information content (AvgIpc) is 2.19. The highest BCUT2D eigenvalue weighted by atomic mass is 79.9. The van der Waals surface area contributed by atoms with E-state index in [1.165, 1.54) is 18.2 Å². The van der Waals surface area contributed by atoms with Crippen molar-refractivity contribution in [3.05, 3.63) is 22.7 Å². The Morgan fingerprint density at radius 1 is 1.33 bits per heavy atom. The summed E-state index contributed by atoms with van der Waals surface area (Å²) in [5.41, 5.74) is 5.68. The quantitative estimate of drug-likeness (QED) is 0.821. The van der Waals surface area contributed by atoms with Crippen molar-refractivity contribution >= 4 is 31.6 Å². The first kappa shape index (κ1) is 15.3. The van der Waals surface area contributed by atoms with Gasteiger partial charge in [-0.25, -0.2) is 13.1 Å². The van der Waals surface area contributed by atoms with Crippen LogP contribution in [-0.2, 0) is 10.0 Å². The number of hydrogen-bond acceptors (Lipinski definition) is 3. The maximum absolute atomic E-state index is 11.9. The fraction of sp³-hybridized carbons (Fsp3) is 0.333. The van der Waals surface area contributed by atoms with E-state index in [9.17, 15) is 21.6 Å². The van der Waals surface area contributed by atoms with Gasteiger partial charge < -0.3 is 5.73 Å². The lowest BCUT2D eigenvalue weighted by molar-refractivity contribution is -0.132. The van der Waals surface area contributed by atoms with Crippen LogP contribution in [0, 0.1) is 0 Å². The number of hydrogen-bond donors (Lipinski definition) is 2. The fourth-order valence-electron chi connectivity index (χ4n) is 1.10. The molecule has 0 spiro atoms. The summed E-state index contributed by atoms with van der Waals surface area (Å²) in [4.78, 5) is -0.176. The van der Waals surface area contributed by atoms with Crippen LogP contribution in [0.5, 0.6) is 0 Å². The van der Waals surface area contributed by atoms with Gasteiger partial charge in [-0.15, -0.1) is 0 Å². The average molecular weight is 347 g/mol. The number of rotatable bonds is 4. The smallest absolute Gasteiger partial charge is 0.390 e. The molecule has 0 aromatic heterocycles. The SMILES string of the molecule is Nc1cc(S(=O)(=O)NCCC(F)(F)F)ccc1Br. The summed E-state index contributed by atoms with van der Waals surface area (Å²) in [6.07, 6.45) is -5.63. The Hall–Kier alpha value is -0.800. The molecule has 0 unspecified atom stereocenters. The Balaban J connectivity index is 2.77. The van der Waals surface area contributed by atoms with Crippen molar-refractivity contribution in [3.8, 4) is 0 Å². The lowest BCUT2D eigenvalue weighted by Gasteiger charge is -2.09. The summed E-state index contributed by atoms with van der Waals surface area (Å²) in [6.45, 7) is -0.707. The highest BCUT2D eigenvalue weighted by Gasteiger charge is 2.27. The molecular formula is C9H10BrF3N2O2S. The van der Waals surface area contributed by atoms with Crippen molar-refractivity contribution in [3.63, 3.8) is 0 Å². The van der Waals surface area contributed by atoms with E-state index < -0.39 is 29.2 Å². The van der Waals surface area contributed by atoms with Gasteiger partial charge >= 0.3 is 6.18 Å². The second-order valence-corrected chi connectivity index (χ2v) is 6.07. The summed E-state index contributed by atoms with van der Waals surface area (Å²) in [5.74, 6) is 0. The minimum atomic E-state index is -4.40. The van der Waals surface area contributed by atoms with E-state index in [0.717, 1.165) is 0 Å². The second kappa shape index (κ2) is 5.45. The molecule has 0 saturated heterocycles. The van der Waals surface area contributed by atoms with Crippen LogP contribution in [-0.4, -0.2) is 21.1 Å². The van der Waals surface area contributed by atoms with Crippen molar-refractivity contribution < 1.29 is 21.6 Å². The van der Waals surface area contributed by atoms with Crippen LogP contribution in [0.2, 0.25) is 0 Å². The second-order valence-electron chi connectivity index (χ2n) is 3.45. The van der Waals surface area contributed by atoms with Crippen molar-refractivity contribution in [2.45, 2.75) is 17.5 Å². The zero-order valence-corrected chi connectivity index (χ0v) is 11.4. The van der Waals surface area contributed by atoms with Crippen LogP contribution in [0.1, 0.15) is 6.42 Å². The van der Waals surface area contributed by atoms with Gasteiger partial charge in [0.1, 0.15) is 0 Å². The molecule has 9 heteroatoms. The third-order valence-electron chi connectivity index (χ3n) is 1.98. The van der Waals surface area contributed by atoms with E-state index in [1.807, 2.05) is 4.72 Å². The highest BCUT2D eigenvalue weighted by molar-refractivity contribution is 9.10. The Morgan fingerprint density at radius 3 is 2.44 bits per heavy atom. The third-order valence-corrected chi connectivity index (χ3v) is 4.16. The van der Waals surface area contributed by atoms with Crippen LogP contribution in [0.25, 0.3) is 0 Å². The molecule has 0 fully saturated rings. The molecule has 0 amide bonds. The minimum absolute atomic E-state index is 0.176. The lowest BCUT2D eigenvalue weighted by atomic mass is 10.3. The van der Waals surface area contributed by atoms with Gasteiger partial charge in [0.05, 0.1) is 11.3 Å². The van der Waals surface area contributed by atoms with E-state index in [4.69, 9.17) is 5.73 Å². The fourth-order valence-corrected chi connectivity index (χ4v) is 2.41. The van der Waals surface area contributed by atoms with E-state index in [2.05, 4.69) is 15.9 Å². The highest BCUT2D eigenvalue weighted by Crippen LogP contribution is 2.23. The summed E-state index contributed by atoms with van der Waals surface area (Å²) in [5, 5.41) is 0. The van der Waals surface area contributed by atoms with Crippen LogP contribution in [0.15, 0.2) is 27.6 Å². The molecule has 18 heavy (non-hydrogen) atoms. The Morgan fingerprint density at radius 2 is 1.94 bits per heavy atom. The van der Waals surface area contributed by atoms with E-state index >= 15 is 0 Å². The molecule has 0 aliphatic heterocycles. The molecular weight excluding hydrogens is 337 g/mol. The molecule has 0 aliphatic rings. The normalized spacial score (nSPS) is 12.7. The third kappa shape index (κ3) is 4.46. The Bertz CT molecular complexity index is 531. The van der Waals surface area contributed by atoms with Gasteiger partial charge in [0.15, 0.2) is 0 Å². The van der Waals surface area contributed by atoms with E-state index in [1.54, 1.807) is 0 Å². The number of alkyl halides is 3. The predicted molar refractivity (Wildman–Crippen MR) is 64.4 cm³/mol. The van der Waals surface area contributed by atoms with Gasteiger partial charge in [-0.2, -0.15) is 13.2 Å². The molecule has 4 nitrogen and oxygen atoms in total. The van der Waals surface area contributed by atoms with Gasteiger partial charge in [0.2, 0.25) is 10.0 Å². The molecule has 0 heterocycles. The topological polar surface area (TPSA) is 72.2 Å². The first-order chi connectivity index (χ1) is 8.12. The number of nitrogen functional groups attached to an aromatic ring is 1. The van der Waals surface area contributed by atoms with Gasteiger partial charge in [-0.1, -0.05) is 0 Å². The standard InChI is InChI=1S/C9H10BrF3N2O2S/c10-7-2-1-6(5-8(7)14)18(16,17)15-4-3-9(11,12)13/h1-2,5,15H,3-4,14H2. The van der Waals surface area contributed by atoms with Crippen LogP contribution < -0.4 is 10.5 Å². The monoisotopic (exact) mass is 346 g/mol. The van der Waals surface area contributed by atoms with Crippen LogP contribution >= 0.6 is 15.9 Å². The minimum Gasteiger partial charge on any atom is -0.398 e.